The molecule has 0 bridgehead atoms. The van der Waals surface area contributed by atoms with Gasteiger partial charge in [-0.25, -0.2) is 8.42 Å². The van der Waals surface area contributed by atoms with E-state index in [4.69, 9.17) is 5.11 Å². The van der Waals surface area contributed by atoms with E-state index < -0.39 is 10.0 Å². The zero-order chi connectivity index (χ0) is 15.4. The smallest absolute Gasteiger partial charge is 0.233 e. The third kappa shape index (κ3) is 5.64. The van der Waals surface area contributed by atoms with E-state index in [1.54, 1.807) is 12.1 Å². The van der Waals surface area contributed by atoms with Crippen molar-refractivity contribution in [1.29, 1.82) is 0 Å². The fourth-order valence-corrected chi connectivity index (χ4v) is 3.48. The molecule has 0 heterocycles. The first kappa shape index (κ1) is 16.5. The van der Waals surface area contributed by atoms with Gasteiger partial charge in [0.2, 0.25) is 10.0 Å². The molecule has 5 heteroatoms. The Balaban J connectivity index is 3.09. The maximum atomic E-state index is 12.1. The van der Waals surface area contributed by atoms with Crippen molar-refractivity contribution in [2.75, 3.05) is 17.1 Å². The Hall–Kier alpha value is -1.51. The van der Waals surface area contributed by atoms with Crippen LogP contribution in [0.1, 0.15) is 31.9 Å². The summed E-state index contributed by atoms with van der Waals surface area (Å²) in [6.07, 6.45) is 0. The van der Waals surface area contributed by atoms with E-state index in [-0.39, 0.29) is 17.8 Å². The highest BCUT2D eigenvalue weighted by Crippen LogP contribution is 2.21. The first-order chi connectivity index (χ1) is 9.13. The van der Waals surface area contributed by atoms with Crippen LogP contribution in [0, 0.1) is 24.2 Å². The van der Waals surface area contributed by atoms with Crippen LogP contribution in [0.15, 0.2) is 18.2 Å². The van der Waals surface area contributed by atoms with Crippen LogP contribution >= 0.6 is 0 Å². The second kappa shape index (κ2) is 6.29. The van der Waals surface area contributed by atoms with Gasteiger partial charge in [0.25, 0.3) is 0 Å². The molecule has 20 heavy (non-hydrogen) atoms. The molecule has 0 aliphatic heterocycles. The Labute approximate surface area is 121 Å². The maximum absolute atomic E-state index is 12.1. The van der Waals surface area contributed by atoms with E-state index in [1.807, 2.05) is 33.8 Å². The highest BCUT2D eigenvalue weighted by atomic mass is 32.2. The summed E-state index contributed by atoms with van der Waals surface area (Å²) in [7, 11) is -3.43. The van der Waals surface area contributed by atoms with E-state index in [1.165, 1.54) is 0 Å². The number of sulfonamides is 1. The molecule has 0 amide bonds. The first-order valence-corrected chi connectivity index (χ1v) is 7.99. The van der Waals surface area contributed by atoms with Gasteiger partial charge < -0.3 is 5.11 Å². The molecule has 110 valence electrons. The van der Waals surface area contributed by atoms with Crippen molar-refractivity contribution in [2.24, 2.45) is 5.41 Å². The zero-order valence-corrected chi connectivity index (χ0v) is 13.1. The lowest BCUT2D eigenvalue weighted by molar-refractivity contribution is 0.350. The molecular weight excluding hydrogens is 274 g/mol. The van der Waals surface area contributed by atoms with Crippen molar-refractivity contribution >= 4 is 15.7 Å². The van der Waals surface area contributed by atoms with E-state index >= 15 is 0 Å². The Bertz CT molecular complexity index is 631. The molecule has 0 saturated carbocycles. The minimum Gasteiger partial charge on any atom is -0.384 e. The van der Waals surface area contributed by atoms with Crippen LogP contribution in [0.5, 0.6) is 0 Å². The number of benzene rings is 1. The molecule has 0 unspecified atom stereocenters. The predicted molar refractivity (Wildman–Crippen MR) is 82.0 cm³/mol. The Kier molecular flexibility index (Phi) is 5.21. The van der Waals surface area contributed by atoms with Crippen LogP contribution < -0.4 is 4.72 Å². The van der Waals surface area contributed by atoms with Crippen LogP contribution in [0.25, 0.3) is 0 Å². The number of nitrogens with one attached hydrogen (secondary N) is 1. The van der Waals surface area contributed by atoms with Gasteiger partial charge in [-0.3, -0.25) is 4.72 Å². The second-order valence-electron chi connectivity index (χ2n) is 5.93. The summed E-state index contributed by atoms with van der Waals surface area (Å²) in [5, 5.41) is 8.76. The number of aliphatic hydroxyl groups excluding tert-OH is 1. The third-order valence-electron chi connectivity index (χ3n) is 2.37. The fraction of sp³-hybridized carbons (Fsp3) is 0.467. The van der Waals surface area contributed by atoms with Gasteiger partial charge in [-0.1, -0.05) is 38.7 Å². The van der Waals surface area contributed by atoms with Gasteiger partial charge in [0, 0.05) is 5.56 Å². The molecule has 1 rings (SSSR count). The van der Waals surface area contributed by atoms with Gasteiger partial charge in [0.15, 0.2) is 0 Å². The molecule has 1 aromatic carbocycles. The number of aryl methyl sites for hydroxylation is 1. The third-order valence-corrected chi connectivity index (χ3v) is 4.14. The summed E-state index contributed by atoms with van der Waals surface area (Å²) in [5.41, 5.74) is 1.66. The molecule has 0 aliphatic carbocycles. The van der Waals surface area contributed by atoms with E-state index in [0.717, 1.165) is 5.56 Å². The molecule has 0 spiro atoms. The van der Waals surface area contributed by atoms with Crippen molar-refractivity contribution in [3.63, 3.8) is 0 Å². The van der Waals surface area contributed by atoms with Gasteiger partial charge in [0.1, 0.15) is 6.61 Å². The van der Waals surface area contributed by atoms with Gasteiger partial charge in [-0.15, -0.1) is 0 Å². The summed E-state index contributed by atoms with van der Waals surface area (Å²) in [4.78, 5) is 0. The summed E-state index contributed by atoms with van der Waals surface area (Å²) in [6, 6.07) is 5.30. The van der Waals surface area contributed by atoms with Crippen molar-refractivity contribution in [2.45, 2.75) is 27.7 Å². The molecular formula is C15H21NO3S. The normalized spacial score (nSPS) is 11.7. The monoisotopic (exact) mass is 295 g/mol. The quantitative estimate of drug-likeness (QED) is 0.840. The van der Waals surface area contributed by atoms with Crippen molar-refractivity contribution < 1.29 is 13.5 Å². The number of anilines is 1. The average molecular weight is 295 g/mol. The molecule has 0 saturated heterocycles. The second-order valence-corrected chi connectivity index (χ2v) is 7.65. The largest absolute Gasteiger partial charge is 0.384 e. The molecule has 4 nitrogen and oxygen atoms in total. The molecule has 0 fully saturated rings. The molecule has 2 N–H and O–H groups in total. The minimum atomic E-state index is -3.43. The van der Waals surface area contributed by atoms with E-state index in [9.17, 15) is 8.42 Å². The van der Waals surface area contributed by atoms with Gasteiger partial charge >= 0.3 is 0 Å². The van der Waals surface area contributed by atoms with Crippen molar-refractivity contribution in [3.05, 3.63) is 29.3 Å². The van der Waals surface area contributed by atoms with E-state index in [2.05, 4.69) is 16.6 Å². The SMILES string of the molecule is Cc1ccc(NS(=O)(=O)CC(C)(C)C)c(C#CCO)c1. The molecule has 0 atom stereocenters. The van der Waals surface area contributed by atoms with Gasteiger partial charge in [-0.2, -0.15) is 0 Å². The van der Waals surface area contributed by atoms with Crippen LogP contribution in [-0.2, 0) is 10.0 Å². The lowest BCUT2D eigenvalue weighted by Gasteiger charge is -2.19. The number of rotatable bonds is 3. The summed E-state index contributed by atoms with van der Waals surface area (Å²) < 4.78 is 26.8. The van der Waals surface area contributed by atoms with Crippen molar-refractivity contribution in [3.8, 4) is 11.8 Å². The van der Waals surface area contributed by atoms with Gasteiger partial charge in [-0.05, 0) is 30.0 Å². The summed E-state index contributed by atoms with van der Waals surface area (Å²) in [6.45, 7) is 7.25. The first-order valence-electron chi connectivity index (χ1n) is 6.34. The Morgan fingerprint density at radius 1 is 1.30 bits per heavy atom. The predicted octanol–water partition coefficient (Wildman–Crippen LogP) is 2.13. The van der Waals surface area contributed by atoms with Crippen LogP contribution in [0.3, 0.4) is 0 Å². The van der Waals surface area contributed by atoms with Crippen LogP contribution in [0.4, 0.5) is 5.69 Å². The lowest BCUT2D eigenvalue weighted by atomic mass is 10.0. The summed E-state index contributed by atoms with van der Waals surface area (Å²) in [5.74, 6) is 5.33. The molecule has 0 aromatic heterocycles. The summed E-state index contributed by atoms with van der Waals surface area (Å²) >= 11 is 0. The highest BCUT2D eigenvalue weighted by Gasteiger charge is 2.22. The van der Waals surface area contributed by atoms with Crippen LogP contribution in [-0.4, -0.2) is 25.9 Å². The molecule has 0 aliphatic rings. The average Bonchev–Trinajstić information content (AvgIpc) is 2.26. The molecule has 0 radical (unpaired) electrons. The topological polar surface area (TPSA) is 66.4 Å². The van der Waals surface area contributed by atoms with E-state index in [0.29, 0.717) is 11.3 Å². The number of aliphatic hydroxyl groups is 1. The standard InChI is InChI=1S/C15H21NO3S/c1-12-7-8-14(13(10-12)6-5-9-17)16-20(18,19)11-15(2,3)4/h7-8,10,16-17H,9,11H2,1-4H3. The highest BCUT2D eigenvalue weighted by molar-refractivity contribution is 7.92. The number of hydrogen-bond acceptors (Lipinski definition) is 3. The molecule has 1 aromatic rings. The lowest BCUT2D eigenvalue weighted by Crippen LogP contribution is -2.26. The van der Waals surface area contributed by atoms with Crippen molar-refractivity contribution in [1.82, 2.24) is 0 Å². The zero-order valence-electron chi connectivity index (χ0n) is 12.3. The van der Waals surface area contributed by atoms with Gasteiger partial charge in [0.05, 0.1) is 11.4 Å². The maximum Gasteiger partial charge on any atom is 0.233 e. The number of hydrogen-bond donors (Lipinski definition) is 2. The Morgan fingerprint density at radius 3 is 2.50 bits per heavy atom. The Morgan fingerprint density at radius 2 is 1.95 bits per heavy atom. The minimum absolute atomic E-state index is 0.0285. The fourth-order valence-electron chi connectivity index (χ4n) is 1.76. The van der Waals surface area contributed by atoms with Crippen LogP contribution in [0.2, 0.25) is 0 Å².